The molecule has 1 aromatic rings. The first-order valence-corrected chi connectivity index (χ1v) is 9.41. The number of carboxylic acids is 1. The molecule has 0 aromatic heterocycles. The average molecular weight is 386 g/mol. The summed E-state index contributed by atoms with van der Waals surface area (Å²) in [6.45, 7) is 2.58. The second-order valence-electron chi connectivity index (χ2n) is 5.78. The molecule has 1 fully saturated rings. The van der Waals surface area contributed by atoms with Gasteiger partial charge in [0.25, 0.3) is 0 Å². The summed E-state index contributed by atoms with van der Waals surface area (Å²) in [6, 6.07) is 2.31. The van der Waals surface area contributed by atoms with Gasteiger partial charge >= 0.3 is 5.97 Å². The molecule has 1 aliphatic heterocycles. The summed E-state index contributed by atoms with van der Waals surface area (Å²) in [5.41, 5.74) is -0.300. The molecule has 0 aliphatic carbocycles. The van der Waals surface area contributed by atoms with Gasteiger partial charge in [0.05, 0.1) is 19.1 Å². The molecule has 2 rings (SSSR count). The zero-order valence-corrected chi connectivity index (χ0v) is 15.7. The number of hydrogen-bond donors (Lipinski definition) is 1. The maximum atomic E-state index is 13.0. The van der Waals surface area contributed by atoms with Crippen LogP contribution in [0.3, 0.4) is 0 Å². The van der Waals surface area contributed by atoms with Crippen molar-refractivity contribution in [2.24, 2.45) is 0 Å². The van der Waals surface area contributed by atoms with E-state index in [0.29, 0.717) is 13.0 Å². The van der Waals surface area contributed by atoms with Gasteiger partial charge in [0, 0.05) is 39.2 Å². The summed E-state index contributed by atoms with van der Waals surface area (Å²) in [5.74, 6) is -1.46. The lowest BCUT2D eigenvalue weighted by molar-refractivity contribution is -0.128. The van der Waals surface area contributed by atoms with E-state index in [4.69, 9.17) is 9.47 Å². The minimum Gasteiger partial charge on any atom is -0.493 e. The molecule has 9 nitrogen and oxygen atoms in total. The lowest BCUT2D eigenvalue weighted by atomic mass is 10.2. The number of carbonyl (C=O) groups excluding carboxylic acids is 1. The fourth-order valence-corrected chi connectivity index (χ4v) is 4.36. The van der Waals surface area contributed by atoms with Crippen molar-refractivity contribution in [3.63, 3.8) is 0 Å². The van der Waals surface area contributed by atoms with Crippen molar-refractivity contribution >= 4 is 21.9 Å². The van der Waals surface area contributed by atoms with Crippen LogP contribution in [-0.4, -0.2) is 75.0 Å². The minimum atomic E-state index is -3.95. The van der Waals surface area contributed by atoms with Gasteiger partial charge in [0.15, 0.2) is 11.5 Å². The van der Waals surface area contributed by atoms with E-state index in [-0.39, 0.29) is 47.5 Å². The second-order valence-corrected chi connectivity index (χ2v) is 7.71. The molecule has 0 atom stereocenters. The first-order valence-electron chi connectivity index (χ1n) is 7.97. The summed E-state index contributed by atoms with van der Waals surface area (Å²) in [5, 5.41) is 9.37. The Hall–Kier alpha value is -2.33. The number of methoxy groups -OCH3 is 2. The third kappa shape index (κ3) is 3.91. The highest BCUT2D eigenvalue weighted by atomic mass is 32.2. The molecule has 0 radical (unpaired) electrons. The topological polar surface area (TPSA) is 113 Å². The van der Waals surface area contributed by atoms with Gasteiger partial charge in [-0.2, -0.15) is 4.31 Å². The highest BCUT2D eigenvalue weighted by Crippen LogP contribution is 2.35. The van der Waals surface area contributed by atoms with Crippen LogP contribution in [0.5, 0.6) is 11.5 Å². The van der Waals surface area contributed by atoms with Crippen LogP contribution >= 0.6 is 0 Å². The number of sulfonamides is 1. The van der Waals surface area contributed by atoms with Crippen LogP contribution in [0.25, 0.3) is 0 Å². The Kier molecular flexibility index (Phi) is 6.09. The molecule has 0 spiro atoms. The van der Waals surface area contributed by atoms with E-state index >= 15 is 0 Å². The molecular formula is C16H22N2O7S. The zero-order chi connectivity index (χ0) is 19.5. The summed E-state index contributed by atoms with van der Waals surface area (Å²) in [6.07, 6.45) is 0.498. The molecule has 1 aromatic carbocycles. The van der Waals surface area contributed by atoms with Crippen LogP contribution in [-0.2, 0) is 14.8 Å². The Morgan fingerprint density at radius 1 is 1.08 bits per heavy atom. The van der Waals surface area contributed by atoms with Gasteiger partial charge < -0.3 is 19.5 Å². The zero-order valence-electron chi connectivity index (χ0n) is 14.9. The second kappa shape index (κ2) is 7.92. The lowest BCUT2D eigenvalue weighted by Gasteiger charge is -2.22. The van der Waals surface area contributed by atoms with Gasteiger partial charge in [0.2, 0.25) is 15.9 Å². The largest absolute Gasteiger partial charge is 0.493 e. The number of carbonyl (C=O) groups is 2. The fourth-order valence-electron chi connectivity index (χ4n) is 2.85. The van der Waals surface area contributed by atoms with Crippen molar-refractivity contribution < 1.29 is 32.6 Å². The van der Waals surface area contributed by atoms with Crippen LogP contribution in [0.2, 0.25) is 0 Å². The van der Waals surface area contributed by atoms with Gasteiger partial charge in [-0.15, -0.1) is 0 Å². The Labute approximate surface area is 152 Å². The number of amides is 1. The van der Waals surface area contributed by atoms with Crippen molar-refractivity contribution in [2.45, 2.75) is 18.2 Å². The third-order valence-electron chi connectivity index (χ3n) is 4.22. The van der Waals surface area contributed by atoms with E-state index in [1.807, 2.05) is 0 Å². The van der Waals surface area contributed by atoms with Crippen LogP contribution in [0.15, 0.2) is 17.0 Å². The normalized spacial score (nSPS) is 16.0. The standard InChI is InChI=1S/C16H22N2O7S/c1-11(19)17-5-4-6-18(8-7-17)26(22,23)12-9-13(16(20)21)15(25-3)14(10-12)24-2/h9-10H,4-8H2,1-3H3,(H,20,21). The molecule has 1 aliphatic rings. The number of carboxylic acid groups (broad SMARTS) is 1. The molecule has 26 heavy (non-hydrogen) atoms. The number of nitrogens with zero attached hydrogens (tertiary/aromatic N) is 2. The predicted octanol–water partition coefficient (Wildman–Crippen LogP) is 0.645. The van der Waals surface area contributed by atoms with Gasteiger partial charge in [-0.05, 0) is 12.5 Å². The SMILES string of the molecule is COc1cc(S(=O)(=O)N2CCCN(C(C)=O)CC2)cc(C(=O)O)c1OC. The van der Waals surface area contributed by atoms with Gasteiger partial charge in [-0.25, -0.2) is 13.2 Å². The van der Waals surface area contributed by atoms with Crippen LogP contribution in [0.1, 0.15) is 23.7 Å². The van der Waals surface area contributed by atoms with Gasteiger partial charge in [0.1, 0.15) is 5.56 Å². The number of aromatic carboxylic acids is 1. The number of rotatable bonds is 5. The summed E-state index contributed by atoms with van der Waals surface area (Å²) in [7, 11) is -1.37. The molecule has 1 N–H and O–H groups in total. The number of hydrogen-bond acceptors (Lipinski definition) is 6. The molecule has 0 unspecified atom stereocenters. The van der Waals surface area contributed by atoms with Crippen molar-refractivity contribution in [2.75, 3.05) is 40.4 Å². The Morgan fingerprint density at radius 2 is 1.77 bits per heavy atom. The van der Waals surface area contributed by atoms with Gasteiger partial charge in [-0.1, -0.05) is 0 Å². The molecule has 144 valence electrons. The average Bonchev–Trinajstić information content (AvgIpc) is 2.87. The van der Waals surface area contributed by atoms with E-state index in [9.17, 15) is 23.1 Å². The van der Waals surface area contributed by atoms with E-state index in [1.54, 1.807) is 4.90 Å². The Balaban J connectivity index is 2.44. The maximum Gasteiger partial charge on any atom is 0.339 e. The third-order valence-corrected chi connectivity index (χ3v) is 6.10. The minimum absolute atomic E-state index is 0.0196. The van der Waals surface area contributed by atoms with Gasteiger partial charge in [-0.3, -0.25) is 4.79 Å². The van der Waals surface area contributed by atoms with E-state index in [0.717, 1.165) is 6.07 Å². The molecule has 1 amide bonds. The van der Waals surface area contributed by atoms with Crippen molar-refractivity contribution in [3.8, 4) is 11.5 Å². The first-order chi connectivity index (χ1) is 12.2. The smallest absolute Gasteiger partial charge is 0.339 e. The Bertz CT molecular complexity index is 807. The number of benzene rings is 1. The maximum absolute atomic E-state index is 13.0. The summed E-state index contributed by atoms with van der Waals surface area (Å²) < 4.78 is 37.4. The molecule has 1 saturated heterocycles. The summed E-state index contributed by atoms with van der Waals surface area (Å²) in [4.78, 5) is 24.4. The van der Waals surface area contributed by atoms with Crippen LogP contribution in [0, 0.1) is 0 Å². The Morgan fingerprint density at radius 3 is 2.31 bits per heavy atom. The molecule has 1 heterocycles. The highest BCUT2D eigenvalue weighted by Gasteiger charge is 2.30. The first kappa shape index (κ1) is 20.0. The monoisotopic (exact) mass is 386 g/mol. The van der Waals surface area contributed by atoms with Crippen LogP contribution in [0.4, 0.5) is 0 Å². The molecule has 0 saturated carbocycles. The highest BCUT2D eigenvalue weighted by molar-refractivity contribution is 7.89. The molecular weight excluding hydrogens is 364 g/mol. The van der Waals surface area contributed by atoms with Crippen molar-refractivity contribution in [1.82, 2.24) is 9.21 Å². The fraction of sp³-hybridized carbons (Fsp3) is 0.500. The lowest BCUT2D eigenvalue weighted by Crippen LogP contribution is -2.36. The predicted molar refractivity (Wildman–Crippen MR) is 92.1 cm³/mol. The number of ether oxygens (including phenoxy) is 2. The summed E-state index contributed by atoms with van der Waals surface area (Å²) >= 11 is 0. The molecule has 10 heteroatoms. The van der Waals surface area contributed by atoms with E-state index < -0.39 is 16.0 Å². The van der Waals surface area contributed by atoms with E-state index in [1.165, 1.54) is 31.5 Å². The van der Waals surface area contributed by atoms with Crippen molar-refractivity contribution in [1.29, 1.82) is 0 Å². The van der Waals surface area contributed by atoms with Crippen molar-refractivity contribution in [3.05, 3.63) is 17.7 Å². The molecule has 0 bridgehead atoms. The van der Waals surface area contributed by atoms with E-state index in [2.05, 4.69) is 0 Å². The van der Waals surface area contributed by atoms with Crippen LogP contribution < -0.4 is 9.47 Å². The quantitative estimate of drug-likeness (QED) is 0.790.